The third-order valence-corrected chi connectivity index (χ3v) is 3.88. The fraction of sp³-hybridized carbons (Fsp3) is 0.533. The number of hydrogen-bond donors (Lipinski definition) is 2. The molecule has 4 nitrogen and oxygen atoms in total. The van der Waals surface area contributed by atoms with Crippen LogP contribution in [0.1, 0.15) is 38.5 Å². The molecule has 1 aliphatic carbocycles. The van der Waals surface area contributed by atoms with Crippen LogP contribution in [0.15, 0.2) is 24.3 Å². The molecule has 0 unspecified atom stereocenters. The number of para-hydroxylation sites is 2. The third kappa shape index (κ3) is 3.40. The lowest BCUT2D eigenvalue weighted by Crippen LogP contribution is -2.42. The molecular weight excluding hydrogens is 240 g/mol. The Hall–Kier alpha value is -1.71. The van der Waals surface area contributed by atoms with Crippen molar-refractivity contribution in [3.05, 3.63) is 24.3 Å². The van der Waals surface area contributed by atoms with Crippen LogP contribution in [0.5, 0.6) is 0 Å². The number of nitrogens with one attached hydrogen (secondary N) is 1. The standard InChI is InChI=1S/C15H22N2O2/c1-19-14(18)11-15(9-5-2-6-10-15)17-13-8-4-3-7-12(13)16/h3-4,7-8,17H,2,5-6,9-11,16H2,1H3. The van der Waals surface area contributed by atoms with Gasteiger partial charge in [0.1, 0.15) is 0 Å². The summed E-state index contributed by atoms with van der Waals surface area (Å²) in [6.45, 7) is 0. The molecule has 104 valence electrons. The van der Waals surface area contributed by atoms with Crippen molar-refractivity contribution < 1.29 is 9.53 Å². The van der Waals surface area contributed by atoms with Crippen LogP contribution in [0.3, 0.4) is 0 Å². The number of rotatable bonds is 4. The van der Waals surface area contributed by atoms with Gasteiger partial charge in [-0.05, 0) is 25.0 Å². The topological polar surface area (TPSA) is 64.3 Å². The monoisotopic (exact) mass is 262 g/mol. The van der Waals surface area contributed by atoms with Crippen LogP contribution in [-0.2, 0) is 9.53 Å². The fourth-order valence-electron chi connectivity index (χ4n) is 2.82. The zero-order valence-corrected chi connectivity index (χ0v) is 11.4. The van der Waals surface area contributed by atoms with E-state index in [0.717, 1.165) is 37.1 Å². The quantitative estimate of drug-likeness (QED) is 0.647. The van der Waals surface area contributed by atoms with E-state index < -0.39 is 0 Å². The largest absolute Gasteiger partial charge is 0.469 e. The molecule has 0 amide bonds. The summed E-state index contributed by atoms with van der Waals surface area (Å²) in [4.78, 5) is 11.7. The van der Waals surface area contributed by atoms with Gasteiger partial charge in [0, 0.05) is 5.54 Å². The summed E-state index contributed by atoms with van der Waals surface area (Å²) in [5.74, 6) is -0.163. The molecule has 2 rings (SSSR count). The smallest absolute Gasteiger partial charge is 0.307 e. The first-order chi connectivity index (χ1) is 9.15. The molecule has 1 saturated carbocycles. The van der Waals surface area contributed by atoms with Crippen LogP contribution in [0.2, 0.25) is 0 Å². The van der Waals surface area contributed by atoms with Gasteiger partial charge in [0.25, 0.3) is 0 Å². The van der Waals surface area contributed by atoms with E-state index >= 15 is 0 Å². The lowest BCUT2D eigenvalue weighted by molar-refractivity contribution is -0.142. The molecule has 0 saturated heterocycles. The van der Waals surface area contributed by atoms with Crippen molar-refractivity contribution in [3.8, 4) is 0 Å². The second-order valence-electron chi connectivity index (χ2n) is 5.31. The second kappa shape index (κ2) is 5.95. The molecule has 1 aromatic carbocycles. The Labute approximate surface area is 114 Å². The first-order valence-electron chi connectivity index (χ1n) is 6.85. The van der Waals surface area contributed by atoms with Crippen LogP contribution in [0.4, 0.5) is 11.4 Å². The number of nitrogen functional groups attached to an aromatic ring is 1. The van der Waals surface area contributed by atoms with E-state index in [9.17, 15) is 4.79 Å². The molecule has 0 aromatic heterocycles. The van der Waals surface area contributed by atoms with Crippen molar-refractivity contribution in [2.45, 2.75) is 44.1 Å². The Morgan fingerprint density at radius 3 is 2.63 bits per heavy atom. The fourth-order valence-corrected chi connectivity index (χ4v) is 2.82. The Balaban J connectivity index is 2.18. The molecule has 0 aliphatic heterocycles. The predicted octanol–water partition coefficient (Wildman–Crippen LogP) is 2.95. The Morgan fingerprint density at radius 1 is 1.32 bits per heavy atom. The van der Waals surface area contributed by atoms with Gasteiger partial charge in [-0.15, -0.1) is 0 Å². The van der Waals surface area contributed by atoms with Gasteiger partial charge in [-0.25, -0.2) is 0 Å². The maximum Gasteiger partial charge on any atom is 0.307 e. The van der Waals surface area contributed by atoms with Crippen LogP contribution in [0.25, 0.3) is 0 Å². The van der Waals surface area contributed by atoms with E-state index in [2.05, 4.69) is 5.32 Å². The maximum atomic E-state index is 11.7. The van der Waals surface area contributed by atoms with Crippen molar-refractivity contribution in [1.29, 1.82) is 0 Å². The Bertz CT molecular complexity index is 440. The molecular formula is C15H22N2O2. The van der Waals surface area contributed by atoms with E-state index in [1.807, 2.05) is 24.3 Å². The highest BCUT2D eigenvalue weighted by atomic mass is 16.5. The van der Waals surface area contributed by atoms with Gasteiger partial charge in [0.15, 0.2) is 0 Å². The number of hydrogen-bond acceptors (Lipinski definition) is 4. The summed E-state index contributed by atoms with van der Waals surface area (Å²) in [6.07, 6.45) is 5.87. The number of benzene rings is 1. The van der Waals surface area contributed by atoms with Crippen molar-refractivity contribution in [1.82, 2.24) is 0 Å². The van der Waals surface area contributed by atoms with Crippen molar-refractivity contribution in [2.24, 2.45) is 0 Å². The van der Waals surface area contributed by atoms with Gasteiger partial charge in [-0.2, -0.15) is 0 Å². The average Bonchev–Trinajstić information content (AvgIpc) is 2.42. The molecule has 1 aromatic rings. The molecule has 0 radical (unpaired) electrons. The predicted molar refractivity (Wildman–Crippen MR) is 76.9 cm³/mol. The summed E-state index contributed by atoms with van der Waals surface area (Å²) in [7, 11) is 1.44. The van der Waals surface area contributed by atoms with Crippen molar-refractivity contribution in [3.63, 3.8) is 0 Å². The summed E-state index contributed by atoms with van der Waals surface area (Å²) in [5.41, 5.74) is 7.40. The molecule has 0 heterocycles. The summed E-state index contributed by atoms with van der Waals surface area (Å²) in [6, 6.07) is 7.70. The molecule has 0 bridgehead atoms. The van der Waals surface area contributed by atoms with Crippen LogP contribution in [-0.4, -0.2) is 18.6 Å². The molecule has 3 N–H and O–H groups in total. The molecule has 1 fully saturated rings. The number of esters is 1. The number of ether oxygens (including phenoxy) is 1. The van der Waals surface area contributed by atoms with Crippen LogP contribution >= 0.6 is 0 Å². The molecule has 19 heavy (non-hydrogen) atoms. The summed E-state index contributed by atoms with van der Waals surface area (Å²) >= 11 is 0. The van der Waals surface area contributed by atoms with Crippen molar-refractivity contribution >= 4 is 17.3 Å². The van der Waals surface area contributed by atoms with Gasteiger partial charge < -0.3 is 15.8 Å². The van der Waals surface area contributed by atoms with Gasteiger partial charge in [-0.3, -0.25) is 4.79 Å². The van der Waals surface area contributed by atoms with E-state index in [1.165, 1.54) is 13.5 Å². The Kier molecular flexibility index (Phi) is 4.30. The molecule has 4 heteroatoms. The van der Waals surface area contributed by atoms with E-state index in [0.29, 0.717) is 6.42 Å². The highest BCUT2D eigenvalue weighted by Gasteiger charge is 2.35. The number of anilines is 2. The number of carbonyl (C=O) groups excluding carboxylic acids is 1. The lowest BCUT2D eigenvalue weighted by atomic mass is 9.79. The zero-order chi connectivity index (χ0) is 13.7. The second-order valence-corrected chi connectivity index (χ2v) is 5.31. The molecule has 0 spiro atoms. The van der Waals surface area contributed by atoms with Crippen LogP contribution in [0, 0.1) is 0 Å². The lowest BCUT2D eigenvalue weighted by Gasteiger charge is -2.38. The summed E-state index contributed by atoms with van der Waals surface area (Å²) < 4.78 is 4.84. The van der Waals surface area contributed by atoms with Crippen LogP contribution < -0.4 is 11.1 Å². The maximum absolute atomic E-state index is 11.7. The van der Waals surface area contributed by atoms with Gasteiger partial charge in [-0.1, -0.05) is 31.4 Å². The molecule has 1 aliphatic rings. The Morgan fingerprint density at radius 2 is 2.00 bits per heavy atom. The first kappa shape index (κ1) is 13.7. The summed E-state index contributed by atoms with van der Waals surface area (Å²) in [5, 5.41) is 3.50. The minimum Gasteiger partial charge on any atom is -0.469 e. The number of methoxy groups -OCH3 is 1. The molecule has 0 atom stereocenters. The SMILES string of the molecule is COC(=O)CC1(Nc2ccccc2N)CCCCC1. The highest BCUT2D eigenvalue weighted by Crippen LogP contribution is 2.36. The van der Waals surface area contributed by atoms with Gasteiger partial charge >= 0.3 is 5.97 Å². The number of nitrogens with two attached hydrogens (primary N) is 1. The zero-order valence-electron chi connectivity index (χ0n) is 11.4. The first-order valence-corrected chi connectivity index (χ1v) is 6.85. The normalized spacial score (nSPS) is 17.7. The average molecular weight is 262 g/mol. The van der Waals surface area contributed by atoms with E-state index in [4.69, 9.17) is 10.5 Å². The van der Waals surface area contributed by atoms with Gasteiger partial charge in [0.05, 0.1) is 24.9 Å². The minimum atomic E-state index is -0.208. The van der Waals surface area contributed by atoms with E-state index in [-0.39, 0.29) is 11.5 Å². The van der Waals surface area contributed by atoms with Gasteiger partial charge in [0.2, 0.25) is 0 Å². The van der Waals surface area contributed by atoms with Crippen molar-refractivity contribution in [2.75, 3.05) is 18.2 Å². The number of carbonyl (C=O) groups is 1. The van der Waals surface area contributed by atoms with E-state index in [1.54, 1.807) is 0 Å². The highest BCUT2D eigenvalue weighted by molar-refractivity contribution is 5.73. The minimum absolute atomic E-state index is 0.163. The third-order valence-electron chi connectivity index (χ3n) is 3.88.